The minimum atomic E-state index is -3.85. The average molecular weight is 298 g/mol. The molecule has 100 valence electrons. The van der Waals surface area contributed by atoms with E-state index < -0.39 is 9.05 Å². The molecule has 1 saturated carbocycles. The Kier molecular flexibility index (Phi) is 3.06. The lowest BCUT2D eigenvalue weighted by Crippen LogP contribution is -2.08. The molecule has 0 spiro atoms. The molecule has 0 aliphatic heterocycles. The zero-order valence-electron chi connectivity index (χ0n) is 10.0. The topological polar surface area (TPSA) is 64.8 Å². The van der Waals surface area contributed by atoms with E-state index in [9.17, 15) is 8.42 Å². The summed E-state index contributed by atoms with van der Waals surface area (Å²) in [5, 5.41) is 7.59. The summed E-state index contributed by atoms with van der Waals surface area (Å²) in [5.41, 5.74) is 1.07. The first-order chi connectivity index (χ1) is 9.05. The standard InChI is InChI=1S/C12H12ClN3O2S/c13-19(17,18)12-15-14-11(16(12)10-6-7-10)8-9-4-2-1-3-5-9/h1-5,10H,6-8H2. The zero-order chi connectivity index (χ0) is 13.5. The maximum absolute atomic E-state index is 11.5. The second kappa shape index (κ2) is 4.61. The Morgan fingerprint density at radius 1 is 1.21 bits per heavy atom. The van der Waals surface area contributed by atoms with Gasteiger partial charge in [-0.3, -0.25) is 4.57 Å². The number of hydrogen-bond acceptors (Lipinski definition) is 4. The van der Waals surface area contributed by atoms with Crippen molar-refractivity contribution in [2.24, 2.45) is 0 Å². The molecule has 19 heavy (non-hydrogen) atoms. The van der Waals surface area contributed by atoms with E-state index in [1.807, 2.05) is 30.3 Å². The Balaban J connectivity index is 2.01. The van der Waals surface area contributed by atoms with Crippen LogP contribution in [-0.4, -0.2) is 23.2 Å². The van der Waals surface area contributed by atoms with Gasteiger partial charge >= 0.3 is 0 Å². The van der Waals surface area contributed by atoms with Gasteiger partial charge in [-0.15, -0.1) is 10.2 Å². The summed E-state index contributed by atoms with van der Waals surface area (Å²) in [6, 6.07) is 9.92. The molecule has 1 aromatic carbocycles. The van der Waals surface area contributed by atoms with Crippen molar-refractivity contribution in [1.29, 1.82) is 0 Å². The molecule has 1 heterocycles. The van der Waals surface area contributed by atoms with Gasteiger partial charge in [0.1, 0.15) is 5.82 Å². The van der Waals surface area contributed by atoms with Crippen LogP contribution < -0.4 is 0 Å². The quantitative estimate of drug-likeness (QED) is 0.811. The summed E-state index contributed by atoms with van der Waals surface area (Å²) in [7, 11) is 1.55. The molecule has 3 rings (SSSR count). The molecular formula is C12H12ClN3O2S. The molecule has 2 aromatic rings. The van der Waals surface area contributed by atoms with Gasteiger partial charge in [0, 0.05) is 23.1 Å². The van der Waals surface area contributed by atoms with E-state index in [1.165, 1.54) is 0 Å². The molecule has 0 unspecified atom stereocenters. The number of benzene rings is 1. The predicted octanol–water partition coefficient (Wildman–Crippen LogP) is 2.13. The predicted molar refractivity (Wildman–Crippen MR) is 70.6 cm³/mol. The van der Waals surface area contributed by atoms with Crippen LogP contribution in [0.15, 0.2) is 35.5 Å². The maximum Gasteiger partial charge on any atom is 0.296 e. The lowest BCUT2D eigenvalue weighted by Gasteiger charge is -2.07. The molecule has 7 heteroatoms. The van der Waals surface area contributed by atoms with Gasteiger partial charge in [0.25, 0.3) is 14.2 Å². The van der Waals surface area contributed by atoms with Gasteiger partial charge in [-0.25, -0.2) is 8.42 Å². The first kappa shape index (κ1) is 12.6. The fourth-order valence-corrected chi connectivity index (χ4v) is 3.02. The molecule has 0 N–H and O–H groups in total. The first-order valence-electron chi connectivity index (χ1n) is 5.98. The van der Waals surface area contributed by atoms with Gasteiger partial charge in [-0.1, -0.05) is 30.3 Å². The highest BCUT2D eigenvalue weighted by Gasteiger charge is 2.33. The third kappa shape index (κ3) is 2.64. The first-order valence-corrected chi connectivity index (χ1v) is 8.29. The summed E-state index contributed by atoms with van der Waals surface area (Å²) in [4.78, 5) is 0. The SMILES string of the molecule is O=S(=O)(Cl)c1nnc(Cc2ccccc2)n1C1CC1. The highest BCUT2D eigenvalue weighted by molar-refractivity contribution is 8.13. The highest BCUT2D eigenvalue weighted by atomic mass is 35.7. The number of hydrogen-bond donors (Lipinski definition) is 0. The molecule has 0 saturated heterocycles. The molecule has 1 fully saturated rings. The highest BCUT2D eigenvalue weighted by Crippen LogP contribution is 2.38. The van der Waals surface area contributed by atoms with E-state index in [2.05, 4.69) is 10.2 Å². The molecule has 5 nitrogen and oxygen atoms in total. The number of rotatable bonds is 4. The second-order valence-electron chi connectivity index (χ2n) is 4.60. The monoisotopic (exact) mass is 297 g/mol. The molecule has 1 aliphatic rings. The van der Waals surface area contributed by atoms with Crippen LogP contribution in [0, 0.1) is 0 Å². The number of halogens is 1. The molecular weight excluding hydrogens is 286 g/mol. The van der Waals surface area contributed by atoms with Crippen LogP contribution in [0.25, 0.3) is 0 Å². The van der Waals surface area contributed by atoms with Gasteiger partial charge in [0.2, 0.25) is 0 Å². The summed E-state index contributed by atoms with van der Waals surface area (Å²) in [6.07, 6.45) is 2.44. The van der Waals surface area contributed by atoms with Crippen molar-refractivity contribution >= 4 is 19.7 Å². The second-order valence-corrected chi connectivity index (χ2v) is 7.06. The molecule has 1 aromatic heterocycles. The van der Waals surface area contributed by atoms with E-state index in [-0.39, 0.29) is 11.2 Å². The van der Waals surface area contributed by atoms with Crippen LogP contribution in [0.2, 0.25) is 0 Å². The number of aromatic nitrogens is 3. The van der Waals surface area contributed by atoms with Crippen LogP contribution in [0.1, 0.15) is 30.3 Å². The third-order valence-corrected chi connectivity index (χ3v) is 4.20. The fourth-order valence-electron chi connectivity index (χ4n) is 2.07. The molecule has 1 aliphatic carbocycles. The Morgan fingerprint density at radius 3 is 2.47 bits per heavy atom. The van der Waals surface area contributed by atoms with Gasteiger partial charge in [0.05, 0.1) is 0 Å². The Hall–Kier alpha value is -1.40. The van der Waals surface area contributed by atoms with Crippen molar-refractivity contribution in [3.63, 3.8) is 0 Å². The van der Waals surface area contributed by atoms with E-state index in [0.29, 0.717) is 12.2 Å². The van der Waals surface area contributed by atoms with Crippen molar-refractivity contribution in [2.45, 2.75) is 30.5 Å². The van der Waals surface area contributed by atoms with Crippen LogP contribution in [-0.2, 0) is 15.5 Å². The van der Waals surface area contributed by atoms with Crippen LogP contribution in [0.4, 0.5) is 0 Å². The smallest absolute Gasteiger partial charge is 0.296 e. The van der Waals surface area contributed by atoms with Crippen molar-refractivity contribution in [3.8, 4) is 0 Å². The zero-order valence-corrected chi connectivity index (χ0v) is 11.6. The van der Waals surface area contributed by atoms with Crippen molar-refractivity contribution in [3.05, 3.63) is 41.7 Å². The molecule has 0 bridgehead atoms. The normalized spacial score (nSPS) is 15.6. The van der Waals surface area contributed by atoms with Crippen molar-refractivity contribution in [2.75, 3.05) is 0 Å². The van der Waals surface area contributed by atoms with Gasteiger partial charge < -0.3 is 0 Å². The van der Waals surface area contributed by atoms with Crippen LogP contribution >= 0.6 is 10.7 Å². The van der Waals surface area contributed by atoms with Gasteiger partial charge in [-0.05, 0) is 18.4 Å². The fraction of sp³-hybridized carbons (Fsp3) is 0.333. The molecule has 0 atom stereocenters. The van der Waals surface area contributed by atoms with Crippen molar-refractivity contribution in [1.82, 2.24) is 14.8 Å². The maximum atomic E-state index is 11.5. The summed E-state index contributed by atoms with van der Waals surface area (Å²) in [6.45, 7) is 0. The molecule has 0 amide bonds. The molecule has 0 radical (unpaired) electrons. The lowest BCUT2D eigenvalue weighted by atomic mass is 10.1. The number of nitrogens with zero attached hydrogens (tertiary/aromatic N) is 3. The third-order valence-electron chi connectivity index (χ3n) is 3.07. The lowest BCUT2D eigenvalue weighted by molar-refractivity contribution is 0.571. The Bertz CT molecular complexity index is 693. The van der Waals surface area contributed by atoms with Crippen molar-refractivity contribution < 1.29 is 8.42 Å². The van der Waals surface area contributed by atoms with E-state index in [1.54, 1.807) is 4.57 Å². The van der Waals surface area contributed by atoms with E-state index in [4.69, 9.17) is 10.7 Å². The minimum absolute atomic E-state index is 0.136. The van der Waals surface area contributed by atoms with Crippen LogP contribution in [0.5, 0.6) is 0 Å². The summed E-state index contributed by atoms with van der Waals surface area (Å²) in [5.74, 6) is 0.646. The van der Waals surface area contributed by atoms with E-state index in [0.717, 1.165) is 18.4 Å². The summed E-state index contributed by atoms with van der Waals surface area (Å²) >= 11 is 0. The van der Waals surface area contributed by atoms with Crippen LogP contribution in [0.3, 0.4) is 0 Å². The summed E-state index contributed by atoms with van der Waals surface area (Å²) < 4.78 is 24.6. The Labute approximate surface area is 115 Å². The van der Waals surface area contributed by atoms with Gasteiger partial charge in [-0.2, -0.15) is 0 Å². The minimum Gasteiger partial charge on any atom is -0.297 e. The van der Waals surface area contributed by atoms with E-state index >= 15 is 0 Å². The van der Waals surface area contributed by atoms with Gasteiger partial charge in [0.15, 0.2) is 0 Å². The average Bonchev–Trinajstić information content (AvgIpc) is 3.11. The largest absolute Gasteiger partial charge is 0.297 e. The Morgan fingerprint density at radius 2 is 1.89 bits per heavy atom.